The van der Waals surface area contributed by atoms with Gasteiger partial charge in [-0.05, 0) is 37.3 Å². The second-order valence-corrected chi connectivity index (χ2v) is 14.0. The molecule has 0 heterocycles. The number of fused-ring (bicyclic) bond motifs is 2. The van der Waals surface area contributed by atoms with Crippen LogP contribution in [0.3, 0.4) is 0 Å². The molecule has 0 unspecified atom stereocenters. The van der Waals surface area contributed by atoms with Gasteiger partial charge in [-0.15, -0.1) is 0 Å². The monoisotopic (exact) mass is 392 g/mol. The van der Waals surface area contributed by atoms with Crippen LogP contribution in [0.15, 0.2) is 46.2 Å². The Balaban J connectivity index is 2.14. The number of hydrogen-bond donors (Lipinski definition) is 0. The summed E-state index contributed by atoms with van der Waals surface area (Å²) in [5, 5.41) is 1.33. The van der Waals surface area contributed by atoms with Crippen LogP contribution in [0.25, 0.3) is 9.69 Å². The molecule has 0 aliphatic heterocycles. The van der Waals surface area contributed by atoms with Crippen LogP contribution in [0.1, 0.15) is 32.6 Å². The van der Waals surface area contributed by atoms with Crippen LogP contribution >= 0.6 is 0 Å². The predicted octanol–water partition coefficient (Wildman–Crippen LogP) is 5.50. The largest absolute Gasteiger partial charge is 0.510 e. The number of carbonyl (C=O) groups is 1. The second-order valence-electron chi connectivity index (χ2n) is 8.98. The maximum Gasteiger partial charge on any atom is 0.510 e. The summed E-state index contributed by atoms with van der Waals surface area (Å²) in [6.45, 7) is 29.2. The van der Waals surface area contributed by atoms with Crippen molar-refractivity contribution in [3.63, 3.8) is 0 Å². The Labute approximate surface area is 169 Å². The molecule has 0 saturated heterocycles. The summed E-state index contributed by atoms with van der Waals surface area (Å²) in [6.07, 6.45) is 6.61. The van der Waals surface area contributed by atoms with Gasteiger partial charge in [0.1, 0.15) is 12.0 Å². The Morgan fingerprint density at radius 2 is 2.04 bits per heavy atom. The highest BCUT2D eigenvalue weighted by atomic mass is 28.3. The zero-order chi connectivity index (χ0) is 20.7. The lowest BCUT2D eigenvalue weighted by atomic mass is 9.76. The third-order valence-corrected chi connectivity index (χ3v) is 8.19. The Kier molecular flexibility index (Phi) is 5.25. The van der Waals surface area contributed by atoms with E-state index in [1.165, 1.54) is 16.3 Å². The minimum Gasteiger partial charge on any atom is -0.466 e. The van der Waals surface area contributed by atoms with Crippen molar-refractivity contribution in [2.24, 2.45) is 11.8 Å². The first kappa shape index (κ1) is 20.4. The van der Waals surface area contributed by atoms with Gasteiger partial charge in [0.15, 0.2) is 0 Å². The molecule has 0 saturated carbocycles. The number of hydrogen-bond acceptors (Lipinski definition) is 2. The first-order valence-electron chi connectivity index (χ1n) is 9.94. The van der Waals surface area contributed by atoms with Gasteiger partial charge in [0.05, 0.1) is 20.6 Å². The first-order valence-corrected chi connectivity index (χ1v) is 13.4. The van der Waals surface area contributed by atoms with Gasteiger partial charge in [-0.2, -0.15) is 0 Å². The zero-order valence-corrected chi connectivity index (χ0v) is 18.3. The third kappa shape index (κ3) is 3.29. The average molecular weight is 393 g/mol. The highest BCUT2D eigenvalue weighted by Crippen LogP contribution is 2.52. The Morgan fingerprint density at radius 1 is 1.36 bits per heavy atom. The summed E-state index contributed by atoms with van der Waals surface area (Å²) in [6, 6.07) is 0. The maximum atomic E-state index is 12.3. The van der Waals surface area contributed by atoms with Crippen LogP contribution in [0.2, 0.25) is 19.6 Å². The van der Waals surface area contributed by atoms with E-state index < -0.39 is 13.7 Å². The van der Waals surface area contributed by atoms with Gasteiger partial charge in [-0.1, -0.05) is 49.1 Å². The van der Waals surface area contributed by atoms with Crippen LogP contribution in [0, 0.1) is 25.0 Å². The lowest BCUT2D eigenvalue weighted by Gasteiger charge is -2.27. The van der Waals surface area contributed by atoms with Gasteiger partial charge in [0, 0.05) is 5.92 Å². The first-order chi connectivity index (χ1) is 13.2. The van der Waals surface area contributed by atoms with Gasteiger partial charge >= 0.3 is 11.6 Å². The number of carbonyl (C=O) groups excluding carboxylic acids is 1. The summed E-state index contributed by atoms with van der Waals surface area (Å²) in [4.78, 5) is 20.1. The topological polar surface area (TPSA) is 35.0 Å². The van der Waals surface area contributed by atoms with Crippen LogP contribution < -0.4 is 0 Å². The van der Waals surface area contributed by atoms with Crippen LogP contribution in [0.5, 0.6) is 0 Å². The Hall–Kier alpha value is -2.37. The molecule has 4 nitrogen and oxygen atoms in total. The van der Waals surface area contributed by atoms with Gasteiger partial charge in [-0.25, -0.2) is 22.8 Å². The highest BCUT2D eigenvalue weighted by Gasteiger charge is 2.56. The molecule has 0 radical (unpaired) electrons. The number of esters is 1. The normalized spacial score (nSPS) is 26.1. The molecule has 0 aromatic rings. The van der Waals surface area contributed by atoms with Gasteiger partial charge in [0.2, 0.25) is 0 Å². The molecule has 0 aromatic heterocycles. The van der Waals surface area contributed by atoms with Crippen molar-refractivity contribution in [2.45, 2.75) is 57.9 Å². The van der Waals surface area contributed by atoms with Crippen molar-refractivity contribution in [3.8, 4) is 0 Å². The van der Waals surface area contributed by atoms with E-state index in [4.69, 9.17) is 17.9 Å². The average Bonchev–Trinajstić information content (AvgIpc) is 2.87. The zero-order valence-electron chi connectivity index (χ0n) is 17.3. The standard InChI is InChI=1S/C23H28N2O2Si/c1-8-27-22(26)16-9-10-20-18(12-16)13-17-11-15(2)21(28(5,6)7)19(17)14-23(20,24-3)25-4/h10,13,16,18H,2,8-9,11-12,14H2,1,5-7H3/t16-,18-/m0/s1. The van der Waals surface area contributed by atoms with Crippen molar-refractivity contribution in [1.29, 1.82) is 0 Å². The summed E-state index contributed by atoms with van der Waals surface area (Å²) < 4.78 is 5.23. The van der Waals surface area contributed by atoms with Gasteiger partial charge in [-0.3, -0.25) is 4.79 Å². The van der Waals surface area contributed by atoms with Crippen molar-refractivity contribution in [1.82, 2.24) is 0 Å². The molecule has 0 fully saturated rings. The predicted molar refractivity (Wildman–Crippen MR) is 114 cm³/mol. The van der Waals surface area contributed by atoms with Crippen molar-refractivity contribution < 1.29 is 9.53 Å². The molecule has 0 amide bonds. The Morgan fingerprint density at radius 3 is 2.61 bits per heavy atom. The number of allylic oxidation sites excluding steroid dienone is 5. The maximum absolute atomic E-state index is 12.3. The second kappa shape index (κ2) is 7.22. The van der Waals surface area contributed by atoms with Crippen LogP contribution in [0.4, 0.5) is 0 Å². The van der Waals surface area contributed by atoms with Crippen LogP contribution in [-0.2, 0) is 9.53 Å². The lowest BCUT2D eigenvalue weighted by molar-refractivity contribution is -0.148. The molecular formula is C23H28N2O2Si. The molecule has 3 aliphatic rings. The smallest absolute Gasteiger partial charge is 0.466 e. The summed E-state index contributed by atoms with van der Waals surface area (Å²) in [5.41, 5.74) is 3.23. The van der Waals surface area contributed by atoms with E-state index in [1.54, 1.807) is 0 Å². The number of rotatable bonds is 3. The molecule has 0 spiro atoms. The molecule has 0 N–H and O–H groups in total. The number of ether oxygens (including phenoxy) is 1. The SMILES string of the molecule is [C-]#[N+]C1([N+]#[C-])CC2=C([Si](C)(C)C)C(=C)CC2=C[C@@H]2C[C@@H](C(=O)OCC)CC=C21. The molecule has 2 atom stereocenters. The summed E-state index contributed by atoms with van der Waals surface area (Å²) in [5.74, 6) is -0.440. The number of nitrogens with zero attached hydrogens (tertiary/aromatic N) is 2. The highest BCUT2D eigenvalue weighted by molar-refractivity contribution is 6.84. The quantitative estimate of drug-likeness (QED) is 0.275. The van der Waals surface area contributed by atoms with Gasteiger partial charge in [0.25, 0.3) is 0 Å². The minimum atomic E-state index is -1.66. The van der Waals surface area contributed by atoms with E-state index in [0.29, 0.717) is 25.9 Å². The molecule has 146 valence electrons. The fraction of sp³-hybridized carbons (Fsp3) is 0.522. The molecular weight excluding hydrogens is 364 g/mol. The van der Waals surface area contributed by atoms with E-state index in [-0.39, 0.29) is 17.8 Å². The van der Waals surface area contributed by atoms with E-state index in [1.807, 2.05) is 13.0 Å². The van der Waals surface area contributed by atoms with E-state index in [0.717, 1.165) is 17.6 Å². The molecule has 0 bridgehead atoms. The summed E-state index contributed by atoms with van der Waals surface area (Å²) in [7, 11) is -1.66. The van der Waals surface area contributed by atoms with Crippen LogP contribution in [-0.4, -0.2) is 26.3 Å². The van der Waals surface area contributed by atoms with E-state index in [9.17, 15) is 4.79 Å². The van der Waals surface area contributed by atoms with Crippen molar-refractivity contribution in [3.05, 3.63) is 69.1 Å². The molecule has 28 heavy (non-hydrogen) atoms. The molecule has 3 aliphatic carbocycles. The van der Waals surface area contributed by atoms with E-state index in [2.05, 4.69) is 42.0 Å². The minimum absolute atomic E-state index is 0.0624. The Bertz CT molecular complexity index is 888. The summed E-state index contributed by atoms with van der Waals surface area (Å²) >= 11 is 0. The lowest BCUT2D eigenvalue weighted by Crippen LogP contribution is -2.33. The van der Waals surface area contributed by atoms with E-state index >= 15 is 0 Å². The third-order valence-electron chi connectivity index (χ3n) is 6.03. The fourth-order valence-electron chi connectivity index (χ4n) is 4.99. The van der Waals surface area contributed by atoms with Crippen molar-refractivity contribution in [2.75, 3.05) is 6.61 Å². The molecule has 0 aromatic carbocycles. The molecule has 5 heteroatoms. The van der Waals surface area contributed by atoms with Gasteiger partial charge < -0.3 is 4.74 Å². The van der Waals surface area contributed by atoms with Crippen molar-refractivity contribution >= 4 is 14.0 Å². The molecule has 3 rings (SSSR count). The fourth-order valence-corrected chi connectivity index (χ4v) is 7.29.